The molecule has 0 saturated carbocycles. The molecule has 132 valence electrons. The lowest BCUT2D eigenvalue weighted by atomic mass is 10.1. The van der Waals surface area contributed by atoms with Crippen molar-refractivity contribution in [1.29, 1.82) is 0 Å². The summed E-state index contributed by atoms with van der Waals surface area (Å²) in [6.45, 7) is 0.492. The minimum absolute atomic E-state index is 0.0307. The molecular formula is C15H18Cl2N2O4S. The molecule has 0 bridgehead atoms. The Morgan fingerprint density at radius 3 is 2.62 bits per heavy atom. The molecule has 24 heavy (non-hydrogen) atoms. The Balaban J connectivity index is 2.05. The van der Waals surface area contributed by atoms with E-state index in [0.717, 1.165) is 6.26 Å². The van der Waals surface area contributed by atoms with Gasteiger partial charge in [0.2, 0.25) is 5.91 Å². The van der Waals surface area contributed by atoms with Gasteiger partial charge in [-0.3, -0.25) is 9.59 Å². The summed E-state index contributed by atoms with van der Waals surface area (Å²) in [4.78, 5) is 26.3. The molecule has 9 heteroatoms. The molecule has 1 saturated heterocycles. The van der Waals surface area contributed by atoms with Crippen LogP contribution in [0.5, 0.6) is 0 Å². The molecule has 2 amide bonds. The lowest BCUT2D eigenvalue weighted by Crippen LogP contribution is -2.46. The molecule has 2 rings (SSSR count). The molecule has 0 aliphatic carbocycles. The zero-order chi connectivity index (χ0) is 17.9. The van der Waals surface area contributed by atoms with Crippen molar-refractivity contribution in [3.63, 3.8) is 0 Å². The number of likely N-dealkylation sites (tertiary alicyclic amines) is 1. The standard InChI is InChI=1S/C15H18Cl2N2O4S/c1-24(22,23)8-6-18-14(20)13-3-2-7-19(13)15(21)10-4-5-11(16)12(17)9-10/h4-5,9,13H,2-3,6-8H2,1H3,(H,18,20). The second kappa shape index (κ2) is 7.72. The van der Waals surface area contributed by atoms with Crippen LogP contribution in [0, 0.1) is 0 Å². The van der Waals surface area contributed by atoms with Gasteiger partial charge in [-0.1, -0.05) is 23.2 Å². The lowest BCUT2D eigenvalue weighted by molar-refractivity contribution is -0.124. The van der Waals surface area contributed by atoms with Gasteiger partial charge in [0.05, 0.1) is 15.8 Å². The van der Waals surface area contributed by atoms with Crippen LogP contribution in [0.2, 0.25) is 10.0 Å². The van der Waals surface area contributed by atoms with Crippen LogP contribution in [-0.4, -0.2) is 56.3 Å². The van der Waals surface area contributed by atoms with Crippen LogP contribution in [0.3, 0.4) is 0 Å². The molecule has 0 aromatic heterocycles. The highest BCUT2D eigenvalue weighted by atomic mass is 35.5. The fourth-order valence-corrected chi connectivity index (χ4v) is 3.33. The number of nitrogens with one attached hydrogen (secondary N) is 1. The van der Waals surface area contributed by atoms with Crippen molar-refractivity contribution in [2.45, 2.75) is 18.9 Å². The van der Waals surface area contributed by atoms with E-state index in [9.17, 15) is 18.0 Å². The summed E-state index contributed by atoms with van der Waals surface area (Å²) in [6.07, 6.45) is 2.35. The van der Waals surface area contributed by atoms with Crippen LogP contribution in [0.4, 0.5) is 0 Å². The van der Waals surface area contributed by atoms with Crippen molar-refractivity contribution >= 4 is 44.9 Å². The molecule has 1 unspecified atom stereocenters. The molecule has 1 aromatic rings. The normalized spacial score (nSPS) is 17.8. The third-order valence-corrected chi connectivity index (χ3v) is 5.44. The predicted molar refractivity (Wildman–Crippen MR) is 93.2 cm³/mol. The third kappa shape index (κ3) is 4.84. The Hall–Kier alpha value is -1.31. The first kappa shape index (κ1) is 19.0. The molecule has 1 aliphatic heterocycles. The van der Waals surface area contributed by atoms with Gasteiger partial charge >= 0.3 is 0 Å². The lowest BCUT2D eigenvalue weighted by Gasteiger charge is -2.24. The molecule has 6 nitrogen and oxygen atoms in total. The number of amides is 2. The van der Waals surface area contributed by atoms with Gasteiger partial charge in [-0.05, 0) is 31.0 Å². The van der Waals surface area contributed by atoms with Gasteiger partial charge in [-0.2, -0.15) is 0 Å². The molecule has 1 atom stereocenters. The van der Waals surface area contributed by atoms with Gasteiger partial charge in [0, 0.05) is 24.9 Å². The van der Waals surface area contributed by atoms with Gasteiger partial charge in [0.1, 0.15) is 15.9 Å². The Bertz CT molecular complexity index is 752. The third-order valence-electron chi connectivity index (χ3n) is 3.75. The summed E-state index contributed by atoms with van der Waals surface area (Å²) >= 11 is 11.8. The average Bonchev–Trinajstić information content (AvgIpc) is 2.97. The van der Waals surface area contributed by atoms with Crippen LogP contribution < -0.4 is 5.32 Å². The quantitative estimate of drug-likeness (QED) is 0.827. The molecule has 1 fully saturated rings. The van der Waals surface area contributed by atoms with E-state index in [0.29, 0.717) is 30.0 Å². The number of sulfone groups is 1. The van der Waals surface area contributed by atoms with Gasteiger partial charge in [0.15, 0.2) is 0 Å². The first-order valence-electron chi connectivity index (χ1n) is 7.40. The fraction of sp³-hybridized carbons (Fsp3) is 0.467. The number of halogens is 2. The summed E-state index contributed by atoms with van der Waals surface area (Å²) in [6, 6.07) is 3.97. The van der Waals surface area contributed by atoms with E-state index in [1.807, 2.05) is 0 Å². The molecule has 1 N–H and O–H groups in total. The van der Waals surface area contributed by atoms with Gasteiger partial charge < -0.3 is 10.2 Å². The van der Waals surface area contributed by atoms with Gasteiger partial charge in [0.25, 0.3) is 5.91 Å². The Morgan fingerprint density at radius 2 is 2.00 bits per heavy atom. The van der Waals surface area contributed by atoms with Gasteiger partial charge in [-0.15, -0.1) is 0 Å². The van der Waals surface area contributed by atoms with E-state index >= 15 is 0 Å². The highest BCUT2D eigenvalue weighted by molar-refractivity contribution is 7.90. The SMILES string of the molecule is CS(=O)(=O)CCNC(=O)C1CCCN1C(=O)c1ccc(Cl)c(Cl)c1. The first-order valence-corrected chi connectivity index (χ1v) is 10.2. The first-order chi connectivity index (χ1) is 11.2. The summed E-state index contributed by atoms with van der Waals surface area (Å²) < 4.78 is 22.2. The van der Waals surface area contributed by atoms with Crippen LogP contribution in [0.1, 0.15) is 23.2 Å². The largest absolute Gasteiger partial charge is 0.353 e. The van der Waals surface area contributed by atoms with E-state index in [-0.39, 0.29) is 29.1 Å². The number of carbonyl (C=O) groups excluding carboxylic acids is 2. The van der Waals surface area contributed by atoms with E-state index < -0.39 is 15.9 Å². The number of benzene rings is 1. The summed E-state index contributed by atoms with van der Waals surface area (Å²) in [7, 11) is -3.15. The van der Waals surface area contributed by atoms with Crippen molar-refractivity contribution in [1.82, 2.24) is 10.2 Å². The molecular weight excluding hydrogens is 375 g/mol. The molecule has 0 radical (unpaired) electrons. The minimum atomic E-state index is -3.15. The number of hydrogen-bond acceptors (Lipinski definition) is 4. The van der Waals surface area contributed by atoms with Crippen molar-refractivity contribution in [3.8, 4) is 0 Å². The van der Waals surface area contributed by atoms with Crippen LogP contribution in [0.25, 0.3) is 0 Å². The Morgan fingerprint density at radius 1 is 1.29 bits per heavy atom. The van der Waals surface area contributed by atoms with Crippen molar-refractivity contribution in [2.75, 3.05) is 25.1 Å². The zero-order valence-corrected chi connectivity index (χ0v) is 15.4. The van der Waals surface area contributed by atoms with Crippen LogP contribution >= 0.6 is 23.2 Å². The van der Waals surface area contributed by atoms with Crippen LogP contribution in [0.15, 0.2) is 18.2 Å². The number of hydrogen-bond donors (Lipinski definition) is 1. The van der Waals surface area contributed by atoms with Gasteiger partial charge in [-0.25, -0.2) is 8.42 Å². The minimum Gasteiger partial charge on any atom is -0.353 e. The molecule has 1 heterocycles. The second-order valence-corrected chi connectivity index (χ2v) is 8.78. The Labute approximate surface area is 151 Å². The maximum absolute atomic E-state index is 12.6. The predicted octanol–water partition coefficient (Wildman–Crippen LogP) is 1.76. The molecule has 1 aromatic carbocycles. The maximum Gasteiger partial charge on any atom is 0.254 e. The average molecular weight is 393 g/mol. The highest BCUT2D eigenvalue weighted by Gasteiger charge is 2.34. The Kier molecular flexibility index (Phi) is 6.11. The summed E-state index contributed by atoms with van der Waals surface area (Å²) in [5, 5.41) is 3.20. The summed E-state index contributed by atoms with van der Waals surface area (Å²) in [5.74, 6) is -0.773. The second-order valence-electron chi connectivity index (χ2n) is 5.71. The summed E-state index contributed by atoms with van der Waals surface area (Å²) in [5.41, 5.74) is 0.361. The van der Waals surface area contributed by atoms with E-state index in [1.165, 1.54) is 17.0 Å². The van der Waals surface area contributed by atoms with Crippen molar-refractivity contribution in [3.05, 3.63) is 33.8 Å². The fourth-order valence-electron chi connectivity index (χ4n) is 2.55. The van der Waals surface area contributed by atoms with E-state index in [2.05, 4.69) is 5.32 Å². The smallest absolute Gasteiger partial charge is 0.254 e. The zero-order valence-electron chi connectivity index (χ0n) is 13.1. The topological polar surface area (TPSA) is 83.6 Å². The van der Waals surface area contributed by atoms with Crippen molar-refractivity contribution < 1.29 is 18.0 Å². The molecule has 1 aliphatic rings. The molecule has 0 spiro atoms. The number of carbonyl (C=O) groups is 2. The van der Waals surface area contributed by atoms with E-state index in [1.54, 1.807) is 6.07 Å². The monoisotopic (exact) mass is 392 g/mol. The van der Waals surface area contributed by atoms with Crippen molar-refractivity contribution in [2.24, 2.45) is 0 Å². The van der Waals surface area contributed by atoms with Crippen LogP contribution in [-0.2, 0) is 14.6 Å². The number of rotatable bonds is 5. The number of nitrogens with zero attached hydrogens (tertiary/aromatic N) is 1. The highest BCUT2D eigenvalue weighted by Crippen LogP contribution is 2.25. The van der Waals surface area contributed by atoms with E-state index in [4.69, 9.17) is 23.2 Å². The maximum atomic E-state index is 12.6.